The van der Waals surface area contributed by atoms with Gasteiger partial charge >= 0.3 is 0 Å². The minimum atomic E-state index is -3.61. The molecule has 6 nitrogen and oxygen atoms in total. The van der Waals surface area contributed by atoms with Crippen molar-refractivity contribution >= 4 is 44.6 Å². The second-order valence-electron chi connectivity index (χ2n) is 6.15. The Morgan fingerprint density at radius 3 is 2.55 bits per heavy atom. The molecule has 3 rings (SSSR count). The summed E-state index contributed by atoms with van der Waals surface area (Å²) in [6.07, 6.45) is 0. The zero-order valence-corrected chi connectivity index (χ0v) is 17.9. The number of amides is 1. The highest BCUT2D eigenvalue weighted by Crippen LogP contribution is 2.21. The van der Waals surface area contributed by atoms with Crippen LogP contribution in [0.2, 0.25) is 5.02 Å². The molecule has 0 aliphatic carbocycles. The second kappa shape index (κ2) is 9.30. The summed E-state index contributed by atoms with van der Waals surface area (Å²) < 4.78 is 32.8. The smallest absolute Gasteiger partial charge is 0.271 e. The number of carbonyl (C=O) groups excluding carboxylic acids is 1. The molecule has 2 aromatic carbocycles. The van der Waals surface area contributed by atoms with Crippen LogP contribution in [-0.4, -0.2) is 39.4 Å². The molecule has 0 bridgehead atoms. The predicted octanol–water partition coefficient (Wildman–Crippen LogP) is 4.35. The Hall–Kier alpha value is -2.55. The molecule has 0 saturated heterocycles. The number of rotatable bonds is 8. The summed E-state index contributed by atoms with van der Waals surface area (Å²) >= 11 is 7.05. The van der Waals surface area contributed by atoms with E-state index in [1.54, 1.807) is 67.0 Å². The Balaban J connectivity index is 1.55. The molecule has 0 fully saturated rings. The topological polar surface area (TPSA) is 75.7 Å². The van der Waals surface area contributed by atoms with E-state index >= 15 is 0 Å². The van der Waals surface area contributed by atoms with Crippen LogP contribution in [0.4, 0.5) is 5.69 Å². The summed E-state index contributed by atoms with van der Waals surface area (Å²) in [6, 6.07) is 16.6. The standard InChI is InChI=1S/C20H19ClN2O4S2/c1-23(11-12-27-18-5-2-4-16(21)14-18)20(24)15-7-9-17(10-8-15)22-29(25,26)19-6-3-13-28-19/h2-10,13-14,22H,11-12H2,1H3. The van der Waals surface area contributed by atoms with E-state index < -0.39 is 10.0 Å². The Bertz CT molecular complexity index is 1070. The predicted molar refractivity (Wildman–Crippen MR) is 115 cm³/mol. The van der Waals surface area contributed by atoms with Gasteiger partial charge in [-0.15, -0.1) is 11.3 Å². The van der Waals surface area contributed by atoms with Crippen LogP contribution in [-0.2, 0) is 10.0 Å². The number of hydrogen-bond acceptors (Lipinski definition) is 5. The van der Waals surface area contributed by atoms with Crippen molar-refractivity contribution in [3.63, 3.8) is 0 Å². The third-order valence-electron chi connectivity index (χ3n) is 3.98. The quantitative estimate of drug-likeness (QED) is 0.553. The van der Waals surface area contributed by atoms with Crippen molar-refractivity contribution in [2.75, 3.05) is 24.9 Å². The molecule has 0 atom stereocenters. The summed E-state index contributed by atoms with van der Waals surface area (Å²) in [7, 11) is -1.94. The number of anilines is 1. The molecule has 1 amide bonds. The van der Waals surface area contributed by atoms with Crippen LogP contribution in [0.15, 0.2) is 70.3 Å². The van der Waals surface area contributed by atoms with Crippen molar-refractivity contribution in [3.8, 4) is 5.75 Å². The van der Waals surface area contributed by atoms with Crippen LogP contribution < -0.4 is 9.46 Å². The van der Waals surface area contributed by atoms with E-state index in [-0.39, 0.29) is 10.1 Å². The first-order valence-corrected chi connectivity index (χ1v) is 11.4. The van der Waals surface area contributed by atoms with Gasteiger partial charge in [0.05, 0.1) is 6.54 Å². The van der Waals surface area contributed by atoms with Crippen molar-refractivity contribution in [3.05, 3.63) is 76.6 Å². The fraction of sp³-hybridized carbons (Fsp3) is 0.150. The first kappa shape index (κ1) is 21.2. The van der Waals surface area contributed by atoms with E-state index in [1.165, 1.54) is 11.0 Å². The van der Waals surface area contributed by atoms with Gasteiger partial charge in [-0.2, -0.15) is 0 Å². The summed E-state index contributed by atoms with van der Waals surface area (Å²) in [5.74, 6) is 0.452. The molecule has 152 valence electrons. The highest BCUT2D eigenvalue weighted by atomic mass is 35.5. The number of ether oxygens (including phenoxy) is 1. The molecule has 0 spiro atoms. The lowest BCUT2D eigenvalue weighted by Gasteiger charge is -2.18. The van der Waals surface area contributed by atoms with Gasteiger partial charge in [0.15, 0.2) is 0 Å². The van der Waals surface area contributed by atoms with Crippen molar-refractivity contribution in [1.29, 1.82) is 0 Å². The lowest BCUT2D eigenvalue weighted by Crippen LogP contribution is -2.30. The highest BCUT2D eigenvalue weighted by Gasteiger charge is 2.16. The minimum Gasteiger partial charge on any atom is -0.492 e. The molecule has 9 heteroatoms. The van der Waals surface area contributed by atoms with E-state index in [0.717, 1.165) is 11.3 Å². The van der Waals surface area contributed by atoms with Gasteiger partial charge in [-0.05, 0) is 53.9 Å². The molecule has 1 heterocycles. The largest absolute Gasteiger partial charge is 0.492 e. The summed E-state index contributed by atoms with van der Waals surface area (Å²) in [4.78, 5) is 14.1. The number of nitrogens with one attached hydrogen (secondary N) is 1. The number of carbonyl (C=O) groups is 1. The average Bonchev–Trinajstić information content (AvgIpc) is 3.24. The van der Waals surface area contributed by atoms with E-state index in [9.17, 15) is 13.2 Å². The van der Waals surface area contributed by atoms with Crippen molar-refractivity contribution in [2.45, 2.75) is 4.21 Å². The van der Waals surface area contributed by atoms with Gasteiger partial charge in [-0.25, -0.2) is 8.42 Å². The molecule has 0 unspecified atom stereocenters. The van der Waals surface area contributed by atoms with Gasteiger partial charge in [0.25, 0.3) is 15.9 Å². The number of sulfonamides is 1. The van der Waals surface area contributed by atoms with E-state index in [4.69, 9.17) is 16.3 Å². The minimum absolute atomic E-state index is 0.188. The van der Waals surface area contributed by atoms with Crippen LogP contribution in [0.5, 0.6) is 5.75 Å². The van der Waals surface area contributed by atoms with E-state index in [1.807, 2.05) is 0 Å². The Morgan fingerprint density at radius 1 is 1.14 bits per heavy atom. The fourth-order valence-corrected chi connectivity index (χ4v) is 4.71. The van der Waals surface area contributed by atoms with Crippen LogP contribution >= 0.6 is 22.9 Å². The summed E-state index contributed by atoms with van der Waals surface area (Å²) in [6.45, 7) is 0.708. The van der Waals surface area contributed by atoms with Crippen LogP contribution in [0.25, 0.3) is 0 Å². The molecule has 0 saturated carbocycles. The zero-order valence-electron chi connectivity index (χ0n) is 15.5. The first-order valence-electron chi connectivity index (χ1n) is 8.65. The fourth-order valence-electron chi connectivity index (χ4n) is 2.48. The summed E-state index contributed by atoms with van der Waals surface area (Å²) in [5.41, 5.74) is 0.844. The Kier molecular flexibility index (Phi) is 6.79. The number of likely N-dealkylation sites (N-methyl/N-ethyl adjacent to an activating group) is 1. The maximum Gasteiger partial charge on any atom is 0.271 e. The van der Waals surface area contributed by atoms with Crippen LogP contribution in [0, 0.1) is 0 Å². The van der Waals surface area contributed by atoms with Gasteiger partial charge in [-0.3, -0.25) is 9.52 Å². The van der Waals surface area contributed by atoms with Crippen LogP contribution in [0.1, 0.15) is 10.4 Å². The number of thiophene rings is 1. The first-order chi connectivity index (χ1) is 13.8. The number of halogens is 1. The third-order valence-corrected chi connectivity index (χ3v) is 7.00. The molecule has 0 radical (unpaired) electrons. The molecule has 1 N–H and O–H groups in total. The second-order valence-corrected chi connectivity index (χ2v) is 9.44. The van der Waals surface area contributed by atoms with Crippen molar-refractivity contribution < 1.29 is 17.9 Å². The van der Waals surface area contributed by atoms with Gasteiger partial charge in [0.1, 0.15) is 16.6 Å². The lowest BCUT2D eigenvalue weighted by atomic mass is 10.2. The molecular weight excluding hydrogens is 432 g/mol. The molecule has 0 aliphatic heterocycles. The van der Waals surface area contributed by atoms with E-state index in [0.29, 0.717) is 35.2 Å². The summed E-state index contributed by atoms with van der Waals surface area (Å²) in [5, 5.41) is 2.28. The number of nitrogens with zero attached hydrogens (tertiary/aromatic N) is 1. The molecule has 29 heavy (non-hydrogen) atoms. The van der Waals surface area contributed by atoms with Gasteiger partial charge in [0.2, 0.25) is 0 Å². The SMILES string of the molecule is CN(CCOc1cccc(Cl)c1)C(=O)c1ccc(NS(=O)(=O)c2cccs2)cc1. The lowest BCUT2D eigenvalue weighted by molar-refractivity contribution is 0.0774. The third kappa shape index (κ3) is 5.72. The van der Waals surface area contributed by atoms with Crippen molar-refractivity contribution in [2.24, 2.45) is 0 Å². The van der Waals surface area contributed by atoms with Gasteiger partial charge in [0, 0.05) is 23.3 Å². The number of benzene rings is 2. The van der Waals surface area contributed by atoms with Crippen LogP contribution in [0.3, 0.4) is 0 Å². The zero-order chi connectivity index (χ0) is 20.9. The van der Waals surface area contributed by atoms with E-state index in [2.05, 4.69) is 4.72 Å². The Labute approximate surface area is 178 Å². The number of hydrogen-bond donors (Lipinski definition) is 1. The molecule has 1 aromatic heterocycles. The monoisotopic (exact) mass is 450 g/mol. The maximum atomic E-state index is 12.5. The molecule has 0 aliphatic rings. The van der Waals surface area contributed by atoms with Crippen molar-refractivity contribution in [1.82, 2.24) is 4.90 Å². The maximum absolute atomic E-state index is 12.5. The Morgan fingerprint density at radius 2 is 1.90 bits per heavy atom. The highest BCUT2D eigenvalue weighted by molar-refractivity contribution is 7.94. The normalized spacial score (nSPS) is 11.1. The average molecular weight is 451 g/mol. The van der Waals surface area contributed by atoms with Gasteiger partial charge < -0.3 is 9.64 Å². The molecular formula is C20H19ClN2O4S2. The van der Waals surface area contributed by atoms with Gasteiger partial charge in [-0.1, -0.05) is 23.7 Å². The molecule has 3 aromatic rings.